The number of hydrogen-bond acceptors (Lipinski definition) is 4. The molecule has 0 fully saturated rings. The number of rotatable bonds is 2. The summed E-state index contributed by atoms with van der Waals surface area (Å²) in [6, 6.07) is 0. The van der Waals surface area contributed by atoms with E-state index < -0.39 is 6.43 Å². The molecule has 0 saturated heterocycles. The third-order valence-corrected chi connectivity index (χ3v) is 2.69. The van der Waals surface area contributed by atoms with Crippen LogP contribution in [0.2, 0.25) is 0 Å². The van der Waals surface area contributed by atoms with Gasteiger partial charge in [-0.25, -0.2) is 8.78 Å². The molecule has 0 spiro atoms. The standard InChI is InChI=1S/C4H4F2N2S2/c1-9-4-8-7-3(10-4)2(5)6/h2H,1H3. The van der Waals surface area contributed by atoms with Crippen LogP contribution in [0.4, 0.5) is 8.78 Å². The van der Waals surface area contributed by atoms with Gasteiger partial charge < -0.3 is 0 Å². The Kier molecular flexibility index (Phi) is 2.56. The van der Waals surface area contributed by atoms with Gasteiger partial charge in [0.25, 0.3) is 6.43 Å². The van der Waals surface area contributed by atoms with E-state index in [1.807, 2.05) is 0 Å². The largest absolute Gasteiger partial charge is 0.291 e. The van der Waals surface area contributed by atoms with Gasteiger partial charge in [-0.3, -0.25) is 0 Å². The van der Waals surface area contributed by atoms with Crippen molar-refractivity contribution >= 4 is 23.1 Å². The van der Waals surface area contributed by atoms with Crippen molar-refractivity contribution in [3.05, 3.63) is 5.01 Å². The Morgan fingerprint density at radius 1 is 1.50 bits per heavy atom. The van der Waals surface area contributed by atoms with Crippen LogP contribution in [0.5, 0.6) is 0 Å². The lowest BCUT2D eigenvalue weighted by molar-refractivity contribution is 0.150. The first-order chi connectivity index (χ1) is 4.74. The van der Waals surface area contributed by atoms with Crippen LogP contribution in [0, 0.1) is 0 Å². The SMILES string of the molecule is CSc1nnc(C(F)F)s1. The van der Waals surface area contributed by atoms with E-state index in [1.54, 1.807) is 6.26 Å². The van der Waals surface area contributed by atoms with Gasteiger partial charge >= 0.3 is 0 Å². The van der Waals surface area contributed by atoms with Gasteiger partial charge in [-0.1, -0.05) is 23.1 Å². The normalized spacial score (nSPS) is 10.8. The van der Waals surface area contributed by atoms with E-state index in [4.69, 9.17) is 0 Å². The smallest absolute Gasteiger partial charge is 0.202 e. The first-order valence-electron chi connectivity index (χ1n) is 2.39. The maximum absolute atomic E-state index is 11.8. The fourth-order valence-electron chi connectivity index (χ4n) is 0.391. The molecule has 0 saturated carbocycles. The maximum atomic E-state index is 11.8. The molecule has 1 rings (SSSR count). The number of alkyl halides is 2. The van der Waals surface area contributed by atoms with E-state index in [0.717, 1.165) is 11.3 Å². The molecular weight excluding hydrogens is 178 g/mol. The van der Waals surface area contributed by atoms with Crippen LogP contribution in [0.25, 0.3) is 0 Å². The molecule has 56 valence electrons. The summed E-state index contributed by atoms with van der Waals surface area (Å²) in [7, 11) is 0. The molecule has 6 heteroatoms. The minimum atomic E-state index is -2.49. The van der Waals surface area contributed by atoms with Crippen molar-refractivity contribution in [3.63, 3.8) is 0 Å². The minimum absolute atomic E-state index is 0.204. The van der Waals surface area contributed by atoms with Crippen molar-refractivity contribution in [2.24, 2.45) is 0 Å². The van der Waals surface area contributed by atoms with Gasteiger partial charge in [0, 0.05) is 0 Å². The highest BCUT2D eigenvalue weighted by molar-refractivity contribution is 8.00. The first kappa shape index (κ1) is 7.87. The molecule has 0 aliphatic carbocycles. The molecule has 1 aromatic heterocycles. The molecule has 0 N–H and O–H groups in total. The van der Waals surface area contributed by atoms with Crippen LogP contribution in [-0.4, -0.2) is 16.5 Å². The predicted octanol–water partition coefficient (Wildman–Crippen LogP) is 2.20. The average Bonchev–Trinajstić information content (AvgIpc) is 2.34. The summed E-state index contributed by atoms with van der Waals surface area (Å²) in [6.45, 7) is 0. The molecule has 1 heterocycles. The van der Waals surface area contributed by atoms with Crippen LogP contribution < -0.4 is 0 Å². The van der Waals surface area contributed by atoms with Crippen LogP contribution in [0.15, 0.2) is 4.34 Å². The van der Waals surface area contributed by atoms with Gasteiger partial charge in [0.05, 0.1) is 0 Å². The van der Waals surface area contributed by atoms with E-state index >= 15 is 0 Å². The lowest BCUT2D eigenvalue weighted by Gasteiger charge is -1.85. The molecule has 0 radical (unpaired) electrons. The second-order valence-electron chi connectivity index (χ2n) is 1.41. The van der Waals surface area contributed by atoms with E-state index in [9.17, 15) is 8.78 Å². The van der Waals surface area contributed by atoms with Gasteiger partial charge in [0.2, 0.25) is 0 Å². The second kappa shape index (κ2) is 3.25. The number of hydrogen-bond donors (Lipinski definition) is 0. The van der Waals surface area contributed by atoms with Gasteiger partial charge in [0.1, 0.15) is 0 Å². The zero-order valence-electron chi connectivity index (χ0n) is 5.04. The molecular formula is C4H4F2N2S2. The molecule has 0 atom stereocenters. The second-order valence-corrected chi connectivity index (χ2v) is 3.47. The van der Waals surface area contributed by atoms with Gasteiger partial charge in [-0.05, 0) is 6.26 Å². The van der Waals surface area contributed by atoms with Crippen molar-refractivity contribution in [1.82, 2.24) is 10.2 Å². The van der Waals surface area contributed by atoms with E-state index in [0.29, 0.717) is 4.34 Å². The summed E-state index contributed by atoms with van der Waals surface area (Å²) in [4.78, 5) is 0. The zero-order valence-corrected chi connectivity index (χ0v) is 6.68. The van der Waals surface area contributed by atoms with Gasteiger partial charge in [-0.15, -0.1) is 10.2 Å². The van der Waals surface area contributed by atoms with Gasteiger partial charge in [-0.2, -0.15) is 0 Å². The molecule has 10 heavy (non-hydrogen) atoms. The fraction of sp³-hybridized carbons (Fsp3) is 0.500. The third-order valence-electron chi connectivity index (χ3n) is 0.783. The number of thioether (sulfide) groups is 1. The van der Waals surface area contributed by atoms with Crippen molar-refractivity contribution in [1.29, 1.82) is 0 Å². The summed E-state index contributed by atoms with van der Waals surface area (Å²) in [6.07, 6.45) is -0.714. The molecule has 0 unspecified atom stereocenters. The average molecular weight is 182 g/mol. The monoisotopic (exact) mass is 182 g/mol. The van der Waals surface area contributed by atoms with Crippen molar-refractivity contribution < 1.29 is 8.78 Å². The van der Waals surface area contributed by atoms with Crippen LogP contribution in [-0.2, 0) is 0 Å². The molecule has 0 amide bonds. The number of aromatic nitrogens is 2. The van der Waals surface area contributed by atoms with E-state index in [2.05, 4.69) is 10.2 Å². The van der Waals surface area contributed by atoms with Crippen molar-refractivity contribution in [3.8, 4) is 0 Å². The summed E-state index contributed by atoms with van der Waals surface area (Å²) in [5, 5.41) is 6.59. The van der Waals surface area contributed by atoms with E-state index in [-0.39, 0.29) is 5.01 Å². The first-order valence-corrected chi connectivity index (χ1v) is 4.43. The highest BCUT2D eigenvalue weighted by atomic mass is 32.2. The summed E-state index contributed by atoms with van der Waals surface area (Å²) in [5.74, 6) is 0. The third kappa shape index (κ3) is 1.63. The molecule has 0 aliphatic rings. The Morgan fingerprint density at radius 2 is 2.20 bits per heavy atom. The van der Waals surface area contributed by atoms with E-state index in [1.165, 1.54) is 11.8 Å². The summed E-state index contributed by atoms with van der Waals surface area (Å²) < 4.78 is 24.2. The quantitative estimate of drug-likeness (QED) is 0.656. The highest BCUT2D eigenvalue weighted by Gasteiger charge is 2.12. The van der Waals surface area contributed by atoms with Gasteiger partial charge in [0.15, 0.2) is 9.35 Å². The molecule has 0 bridgehead atoms. The Balaban J connectivity index is 2.78. The Morgan fingerprint density at radius 3 is 2.50 bits per heavy atom. The summed E-state index contributed by atoms with van der Waals surface area (Å²) in [5.41, 5.74) is 0. The maximum Gasteiger partial charge on any atom is 0.291 e. The van der Waals surface area contributed by atoms with Crippen molar-refractivity contribution in [2.75, 3.05) is 6.26 Å². The number of halogens is 2. The Labute approximate surface area is 64.7 Å². The Bertz CT molecular complexity index is 213. The topological polar surface area (TPSA) is 25.8 Å². The van der Waals surface area contributed by atoms with Crippen LogP contribution in [0.1, 0.15) is 11.4 Å². The Hall–Kier alpha value is -0.230. The van der Waals surface area contributed by atoms with Crippen LogP contribution >= 0.6 is 23.1 Å². The molecule has 0 aliphatic heterocycles. The lowest BCUT2D eigenvalue weighted by atomic mass is 10.8. The molecule has 1 aromatic rings. The minimum Gasteiger partial charge on any atom is -0.202 e. The number of nitrogens with zero attached hydrogens (tertiary/aromatic N) is 2. The highest BCUT2D eigenvalue weighted by Crippen LogP contribution is 2.26. The molecule has 2 nitrogen and oxygen atoms in total. The zero-order chi connectivity index (χ0) is 7.56. The van der Waals surface area contributed by atoms with Crippen LogP contribution in [0.3, 0.4) is 0 Å². The predicted molar refractivity (Wildman–Crippen MR) is 36.6 cm³/mol. The van der Waals surface area contributed by atoms with Crippen molar-refractivity contribution in [2.45, 2.75) is 10.8 Å². The molecule has 0 aromatic carbocycles. The fourth-order valence-corrected chi connectivity index (χ4v) is 1.53. The summed E-state index contributed by atoms with van der Waals surface area (Å²) >= 11 is 2.25. The lowest BCUT2D eigenvalue weighted by Crippen LogP contribution is -1.79.